The Morgan fingerprint density at radius 3 is 2.79 bits per heavy atom. The van der Waals surface area contributed by atoms with Crippen LogP contribution in [0.5, 0.6) is 0 Å². The van der Waals surface area contributed by atoms with Gasteiger partial charge in [0.25, 0.3) is 5.91 Å². The average Bonchev–Trinajstić information content (AvgIpc) is 2.68. The van der Waals surface area contributed by atoms with Gasteiger partial charge in [0, 0.05) is 16.6 Å². The van der Waals surface area contributed by atoms with E-state index in [1.54, 1.807) is 23.5 Å². The van der Waals surface area contributed by atoms with Gasteiger partial charge in [0.1, 0.15) is 5.82 Å². The smallest absolute Gasteiger partial charge is 0.251 e. The molecule has 0 spiro atoms. The van der Waals surface area contributed by atoms with Gasteiger partial charge in [-0.25, -0.2) is 9.97 Å². The van der Waals surface area contributed by atoms with Crippen LogP contribution in [0.15, 0.2) is 18.3 Å². The second-order valence-corrected chi connectivity index (χ2v) is 5.58. The van der Waals surface area contributed by atoms with Crippen LogP contribution < -0.4 is 11.1 Å². The van der Waals surface area contributed by atoms with E-state index in [4.69, 9.17) is 5.73 Å². The lowest BCUT2D eigenvalue weighted by molar-refractivity contribution is 0.0940. The number of hydrogen-bond acceptors (Lipinski definition) is 5. The third kappa shape index (κ3) is 3.08. The molecule has 1 atom stereocenters. The number of aromatic nitrogens is 2. The maximum absolute atomic E-state index is 12.1. The molecule has 0 bridgehead atoms. The highest BCUT2D eigenvalue weighted by Crippen LogP contribution is 2.24. The van der Waals surface area contributed by atoms with Crippen LogP contribution in [0, 0.1) is 13.8 Å². The highest BCUT2D eigenvalue weighted by Gasteiger charge is 2.16. The zero-order valence-electron chi connectivity index (χ0n) is 11.1. The summed E-state index contributed by atoms with van der Waals surface area (Å²) in [5.74, 6) is 0.178. The van der Waals surface area contributed by atoms with Crippen LogP contribution in [0.2, 0.25) is 0 Å². The van der Waals surface area contributed by atoms with Crippen LogP contribution in [-0.4, -0.2) is 15.9 Å². The molecule has 100 valence electrons. The molecule has 0 aliphatic rings. The Bertz CT molecular complexity index is 608. The van der Waals surface area contributed by atoms with Crippen molar-refractivity contribution in [1.29, 1.82) is 0 Å². The summed E-state index contributed by atoms with van der Waals surface area (Å²) in [4.78, 5) is 21.4. The number of anilines is 1. The molecule has 0 saturated heterocycles. The number of pyridine rings is 1. The summed E-state index contributed by atoms with van der Waals surface area (Å²) < 4.78 is 0. The zero-order valence-corrected chi connectivity index (χ0v) is 11.9. The molecule has 2 heterocycles. The first-order valence-corrected chi connectivity index (χ1v) is 6.75. The number of nitrogen functional groups attached to an aromatic ring is 1. The summed E-state index contributed by atoms with van der Waals surface area (Å²) in [6.07, 6.45) is 1.52. The Morgan fingerprint density at radius 2 is 2.21 bits per heavy atom. The lowest BCUT2D eigenvalue weighted by atomic mass is 10.2. The van der Waals surface area contributed by atoms with Gasteiger partial charge in [0.15, 0.2) is 0 Å². The fourth-order valence-corrected chi connectivity index (χ4v) is 2.81. The van der Waals surface area contributed by atoms with Gasteiger partial charge in [0.2, 0.25) is 0 Å². The summed E-state index contributed by atoms with van der Waals surface area (Å²) in [6, 6.07) is 3.13. The van der Waals surface area contributed by atoms with Crippen molar-refractivity contribution < 1.29 is 4.79 Å². The number of nitrogens with zero attached hydrogens (tertiary/aromatic N) is 2. The summed E-state index contributed by atoms with van der Waals surface area (Å²) in [5, 5.41) is 3.94. The van der Waals surface area contributed by atoms with Gasteiger partial charge in [-0.2, -0.15) is 0 Å². The molecule has 2 aromatic heterocycles. The van der Waals surface area contributed by atoms with E-state index in [-0.39, 0.29) is 11.9 Å². The largest absolute Gasteiger partial charge is 0.384 e. The quantitative estimate of drug-likeness (QED) is 0.900. The van der Waals surface area contributed by atoms with E-state index < -0.39 is 0 Å². The summed E-state index contributed by atoms with van der Waals surface area (Å²) in [7, 11) is 0. The molecule has 5 nitrogen and oxygen atoms in total. The van der Waals surface area contributed by atoms with Crippen LogP contribution in [0.3, 0.4) is 0 Å². The normalized spacial score (nSPS) is 12.2. The third-order valence-electron chi connectivity index (χ3n) is 2.72. The SMILES string of the molecule is Cc1nc(C)c(C(C)NC(=O)c2ccnc(N)c2)s1. The van der Waals surface area contributed by atoms with Gasteiger partial charge in [-0.15, -0.1) is 11.3 Å². The minimum absolute atomic E-state index is 0.0758. The Kier molecular flexibility index (Phi) is 3.80. The lowest BCUT2D eigenvalue weighted by Crippen LogP contribution is -2.26. The van der Waals surface area contributed by atoms with Crippen LogP contribution in [-0.2, 0) is 0 Å². The minimum Gasteiger partial charge on any atom is -0.384 e. The second kappa shape index (κ2) is 5.36. The number of carbonyl (C=O) groups excluding carboxylic acids is 1. The van der Waals surface area contributed by atoms with Gasteiger partial charge in [-0.05, 0) is 32.9 Å². The number of thiazole rings is 1. The molecule has 3 N–H and O–H groups in total. The molecule has 6 heteroatoms. The van der Waals surface area contributed by atoms with E-state index in [2.05, 4.69) is 15.3 Å². The zero-order chi connectivity index (χ0) is 14.0. The van der Waals surface area contributed by atoms with E-state index in [0.717, 1.165) is 15.6 Å². The fraction of sp³-hybridized carbons (Fsp3) is 0.308. The molecule has 2 rings (SSSR count). The second-order valence-electron chi connectivity index (χ2n) is 4.35. The molecule has 0 radical (unpaired) electrons. The molecule has 1 amide bonds. The molecule has 0 aliphatic heterocycles. The number of nitrogens with one attached hydrogen (secondary N) is 1. The third-order valence-corrected chi connectivity index (χ3v) is 3.98. The molecule has 0 aliphatic carbocycles. The maximum Gasteiger partial charge on any atom is 0.251 e. The maximum atomic E-state index is 12.1. The molecule has 0 saturated carbocycles. The van der Waals surface area contributed by atoms with Gasteiger partial charge < -0.3 is 11.1 Å². The van der Waals surface area contributed by atoms with Crippen molar-refractivity contribution >= 4 is 23.1 Å². The van der Waals surface area contributed by atoms with E-state index in [1.807, 2.05) is 20.8 Å². The van der Waals surface area contributed by atoms with Crippen LogP contribution in [0.1, 0.15) is 38.9 Å². The predicted octanol–water partition coefficient (Wildman–Crippen LogP) is 2.23. The summed E-state index contributed by atoms with van der Waals surface area (Å²) >= 11 is 1.60. The molecular weight excluding hydrogens is 260 g/mol. The van der Waals surface area contributed by atoms with Crippen molar-refractivity contribution in [3.05, 3.63) is 39.5 Å². The van der Waals surface area contributed by atoms with Crippen molar-refractivity contribution in [2.45, 2.75) is 26.8 Å². The summed E-state index contributed by atoms with van der Waals surface area (Å²) in [6.45, 7) is 5.85. The van der Waals surface area contributed by atoms with Crippen molar-refractivity contribution in [2.24, 2.45) is 0 Å². The fourth-order valence-electron chi connectivity index (χ4n) is 1.88. The van der Waals surface area contributed by atoms with Gasteiger partial charge in [0.05, 0.1) is 16.7 Å². The monoisotopic (exact) mass is 276 g/mol. The van der Waals surface area contributed by atoms with Gasteiger partial charge >= 0.3 is 0 Å². The summed E-state index contributed by atoms with van der Waals surface area (Å²) in [5.41, 5.74) is 7.04. The standard InChI is InChI=1S/C13H16N4OS/c1-7-12(19-9(3)16-7)8(2)17-13(18)10-4-5-15-11(14)6-10/h4-6,8H,1-3H3,(H2,14,15)(H,17,18). The Hall–Kier alpha value is -1.95. The highest BCUT2D eigenvalue weighted by atomic mass is 32.1. The number of rotatable bonds is 3. The molecule has 1 unspecified atom stereocenters. The first-order chi connectivity index (χ1) is 8.97. The topological polar surface area (TPSA) is 80.9 Å². The van der Waals surface area contributed by atoms with Crippen LogP contribution >= 0.6 is 11.3 Å². The van der Waals surface area contributed by atoms with Gasteiger partial charge in [-0.1, -0.05) is 0 Å². The van der Waals surface area contributed by atoms with Crippen molar-refractivity contribution in [3.63, 3.8) is 0 Å². The van der Waals surface area contributed by atoms with E-state index >= 15 is 0 Å². The molecule has 0 aromatic carbocycles. The molecular formula is C13H16N4OS. The number of amides is 1. The first-order valence-electron chi connectivity index (χ1n) is 5.93. The molecule has 2 aromatic rings. The van der Waals surface area contributed by atoms with Crippen molar-refractivity contribution in [1.82, 2.24) is 15.3 Å². The molecule has 19 heavy (non-hydrogen) atoms. The average molecular weight is 276 g/mol. The Labute approximate surface area is 115 Å². The number of carbonyl (C=O) groups is 1. The van der Waals surface area contributed by atoms with Crippen LogP contribution in [0.4, 0.5) is 5.82 Å². The van der Waals surface area contributed by atoms with Crippen LogP contribution in [0.25, 0.3) is 0 Å². The highest BCUT2D eigenvalue weighted by molar-refractivity contribution is 7.11. The number of aryl methyl sites for hydroxylation is 2. The van der Waals surface area contributed by atoms with Crippen molar-refractivity contribution in [3.8, 4) is 0 Å². The minimum atomic E-state index is -0.160. The Balaban J connectivity index is 2.13. The molecule has 0 fully saturated rings. The first kappa shape index (κ1) is 13.5. The Morgan fingerprint density at radius 1 is 1.47 bits per heavy atom. The van der Waals surface area contributed by atoms with E-state index in [1.165, 1.54) is 6.20 Å². The van der Waals surface area contributed by atoms with E-state index in [0.29, 0.717) is 11.4 Å². The predicted molar refractivity (Wildman–Crippen MR) is 76.1 cm³/mol. The number of nitrogens with two attached hydrogens (primary N) is 1. The van der Waals surface area contributed by atoms with Gasteiger partial charge in [-0.3, -0.25) is 4.79 Å². The van der Waals surface area contributed by atoms with E-state index in [9.17, 15) is 4.79 Å². The number of hydrogen-bond donors (Lipinski definition) is 2. The lowest BCUT2D eigenvalue weighted by Gasteiger charge is -2.13. The van der Waals surface area contributed by atoms with Crippen molar-refractivity contribution in [2.75, 3.05) is 5.73 Å².